The minimum atomic E-state index is -5.14. The van der Waals surface area contributed by atoms with E-state index >= 15 is 0 Å². The predicted octanol–water partition coefficient (Wildman–Crippen LogP) is 7.18. The highest BCUT2D eigenvalue weighted by Crippen LogP contribution is 2.40. The van der Waals surface area contributed by atoms with Gasteiger partial charge >= 0.3 is 24.2 Å². The van der Waals surface area contributed by atoms with E-state index in [4.69, 9.17) is 30.5 Å². The lowest BCUT2D eigenvalue weighted by atomic mass is 10.2. The monoisotopic (exact) mass is 836 g/mol. The van der Waals surface area contributed by atoms with Crippen LogP contribution in [0.1, 0.15) is 45.1 Å². The number of allylic oxidation sites excluding steroid dienone is 1. The second kappa shape index (κ2) is 16.7. The van der Waals surface area contributed by atoms with Gasteiger partial charge in [-0.1, -0.05) is 17.7 Å². The van der Waals surface area contributed by atoms with Crippen molar-refractivity contribution in [1.29, 1.82) is 0 Å². The lowest BCUT2D eigenvalue weighted by molar-refractivity contribution is -0.140. The van der Waals surface area contributed by atoms with Gasteiger partial charge < -0.3 is 23.7 Å². The number of benzene rings is 2. The minimum Gasteiger partial charge on any atom is -0.491 e. The van der Waals surface area contributed by atoms with Crippen LogP contribution in [0.2, 0.25) is 5.02 Å². The van der Waals surface area contributed by atoms with Crippen LogP contribution in [0.15, 0.2) is 52.8 Å². The van der Waals surface area contributed by atoms with Crippen molar-refractivity contribution in [3.05, 3.63) is 64.3 Å². The average molecular weight is 837 g/mol. The van der Waals surface area contributed by atoms with Crippen LogP contribution in [0.4, 0.5) is 42.8 Å². The van der Waals surface area contributed by atoms with E-state index in [1.54, 1.807) is 18.6 Å². The quantitative estimate of drug-likeness (QED) is 0.119. The first-order chi connectivity index (χ1) is 26.4. The molecule has 0 radical (unpaired) electrons. The zero-order valence-electron chi connectivity index (χ0n) is 29.6. The number of alkyl halides is 5. The van der Waals surface area contributed by atoms with Gasteiger partial charge in [-0.05, 0) is 63.3 Å². The number of sulfonamides is 1. The van der Waals surface area contributed by atoms with E-state index in [2.05, 4.69) is 19.8 Å². The van der Waals surface area contributed by atoms with Gasteiger partial charge in [0.1, 0.15) is 28.8 Å². The summed E-state index contributed by atoms with van der Waals surface area (Å²) >= 11 is 6.04. The van der Waals surface area contributed by atoms with Crippen molar-refractivity contribution in [3.8, 4) is 23.3 Å². The highest BCUT2D eigenvalue weighted by molar-refractivity contribution is 7.92. The van der Waals surface area contributed by atoms with E-state index in [-0.39, 0.29) is 45.7 Å². The van der Waals surface area contributed by atoms with Crippen LogP contribution in [0.5, 0.6) is 23.3 Å². The van der Waals surface area contributed by atoms with Crippen molar-refractivity contribution >= 4 is 50.9 Å². The second-order valence-electron chi connectivity index (χ2n) is 12.0. The smallest absolute Gasteiger partial charge is 0.427 e. The van der Waals surface area contributed by atoms with Gasteiger partial charge in [0.25, 0.3) is 22.4 Å². The number of halogens is 7. The molecule has 3 heterocycles. The molecule has 1 saturated carbocycles. The number of fused-ring (bicyclic) bond motifs is 1. The van der Waals surface area contributed by atoms with Gasteiger partial charge in [0.2, 0.25) is 5.65 Å². The number of carbonyl (C=O) groups excluding carboxylic acids is 2. The molecular formula is C33H31ClF6N6O9S. The molecular weight excluding hydrogens is 806 g/mol. The number of imide groups is 1. The molecule has 0 atom stereocenters. The fourth-order valence-corrected chi connectivity index (χ4v) is 6.95. The molecule has 0 unspecified atom stereocenters. The highest BCUT2D eigenvalue weighted by Gasteiger charge is 2.41. The van der Waals surface area contributed by atoms with Crippen LogP contribution in [-0.2, 0) is 25.7 Å². The van der Waals surface area contributed by atoms with Gasteiger partial charge in [0.05, 0.1) is 42.8 Å². The number of ether oxygens (including phenoxy) is 5. The summed E-state index contributed by atoms with van der Waals surface area (Å²) < 4.78 is 134. The van der Waals surface area contributed by atoms with E-state index in [9.17, 15) is 44.3 Å². The molecule has 6 rings (SSSR count). The summed E-state index contributed by atoms with van der Waals surface area (Å²) in [6.07, 6.45) is -3.99. The predicted molar refractivity (Wildman–Crippen MR) is 184 cm³/mol. The van der Waals surface area contributed by atoms with Gasteiger partial charge in [-0.2, -0.15) is 27.7 Å². The molecule has 1 aliphatic carbocycles. The Morgan fingerprint density at radius 1 is 1.07 bits per heavy atom. The molecule has 1 saturated heterocycles. The molecule has 0 spiro atoms. The molecule has 4 aromatic rings. The molecule has 2 aliphatic rings. The Morgan fingerprint density at radius 2 is 1.77 bits per heavy atom. The number of amides is 2. The highest BCUT2D eigenvalue weighted by atomic mass is 35.5. The summed E-state index contributed by atoms with van der Waals surface area (Å²) in [4.78, 5) is 31.3. The number of rotatable bonds is 11. The SMILES string of the molecule is CC(C)=C1OC(=O)N(c2cc(OC3CCCC3)c(Cl)cc2F)C1=O.COc1cnc(OC)n2nc(NS(=O)(=O)c3c(OCC(F)F)cccc3C(F)(F)F)nc12. The molecule has 56 heavy (non-hydrogen) atoms. The number of aromatic nitrogens is 4. The standard InChI is InChI=1S/C17H17ClFNO4.C16H14F5N5O5S/c1-9(2)15-16(21)20(17(22)24-15)13-8-14(11(18)7-12(13)19)23-10-5-3-4-6-10;1-29-10-6-22-15(30-2)26-13(10)23-14(24-26)25-32(27,28)12-8(16(19,20)21)4-3-5-9(12)31-7-11(17)18/h7-8,10H,3-6H2,1-2H3;3-6,11H,7H2,1-2H3,(H,24,25). The third kappa shape index (κ3) is 8.96. The number of methoxy groups -OCH3 is 2. The third-order valence-electron chi connectivity index (χ3n) is 7.91. The van der Waals surface area contributed by atoms with Crippen molar-refractivity contribution in [3.63, 3.8) is 0 Å². The van der Waals surface area contributed by atoms with Crippen LogP contribution in [0, 0.1) is 5.82 Å². The number of hydrogen-bond acceptors (Lipinski definition) is 12. The van der Waals surface area contributed by atoms with Crippen molar-refractivity contribution in [2.24, 2.45) is 0 Å². The third-order valence-corrected chi connectivity index (χ3v) is 9.61. The van der Waals surface area contributed by atoms with Gasteiger partial charge in [0, 0.05) is 6.07 Å². The molecule has 15 nitrogen and oxygen atoms in total. The largest absolute Gasteiger partial charge is 0.491 e. The van der Waals surface area contributed by atoms with Crippen molar-refractivity contribution < 1.29 is 68.0 Å². The maximum Gasteiger partial charge on any atom is 0.427 e. The molecule has 2 amide bonds. The minimum absolute atomic E-state index is 0.00962. The van der Waals surface area contributed by atoms with Crippen LogP contribution in [-0.4, -0.2) is 73.4 Å². The molecule has 2 aromatic carbocycles. The van der Waals surface area contributed by atoms with Crippen LogP contribution in [0.25, 0.3) is 5.65 Å². The maximum absolute atomic E-state index is 14.3. The zero-order valence-corrected chi connectivity index (χ0v) is 31.2. The second-order valence-corrected chi connectivity index (χ2v) is 14.0. The van der Waals surface area contributed by atoms with Crippen molar-refractivity contribution in [2.45, 2.75) is 63.1 Å². The topological polar surface area (TPSA) is 173 Å². The van der Waals surface area contributed by atoms with E-state index < -0.39 is 69.2 Å². The Bertz CT molecular complexity index is 2240. The summed E-state index contributed by atoms with van der Waals surface area (Å²) in [6.45, 7) is 1.95. The molecule has 302 valence electrons. The number of anilines is 2. The summed E-state index contributed by atoms with van der Waals surface area (Å²) in [5, 5.41) is 3.91. The first-order valence-corrected chi connectivity index (χ1v) is 18.1. The fraction of sp³-hybridized carbons (Fsp3) is 0.364. The molecule has 2 fully saturated rings. The van der Waals surface area contributed by atoms with E-state index in [0.717, 1.165) is 48.4 Å². The fourth-order valence-electron chi connectivity index (χ4n) is 5.46. The Balaban J connectivity index is 0.000000223. The Morgan fingerprint density at radius 3 is 2.36 bits per heavy atom. The van der Waals surface area contributed by atoms with Crippen LogP contribution in [0.3, 0.4) is 0 Å². The Hall–Kier alpha value is -5.51. The maximum atomic E-state index is 14.3. The van der Waals surface area contributed by atoms with Crippen molar-refractivity contribution in [2.75, 3.05) is 30.4 Å². The lowest BCUT2D eigenvalue weighted by Crippen LogP contribution is -2.29. The molecule has 1 aliphatic heterocycles. The van der Waals surface area contributed by atoms with E-state index in [1.807, 2.05) is 0 Å². The first kappa shape index (κ1) is 41.6. The van der Waals surface area contributed by atoms with Gasteiger partial charge in [0.15, 0.2) is 11.5 Å². The molecule has 1 N–H and O–H groups in total. The van der Waals surface area contributed by atoms with Crippen molar-refractivity contribution in [1.82, 2.24) is 19.6 Å². The van der Waals surface area contributed by atoms with E-state index in [0.29, 0.717) is 16.5 Å². The number of nitrogens with zero attached hydrogens (tertiary/aromatic N) is 5. The first-order valence-electron chi connectivity index (χ1n) is 16.2. The Labute approximate surface area is 319 Å². The summed E-state index contributed by atoms with van der Waals surface area (Å²) in [5.41, 5.74) is -1.38. The summed E-state index contributed by atoms with van der Waals surface area (Å²) in [6, 6.07) is 4.31. The number of cyclic esters (lactones) is 1. The number of carbonyl (C=O) groups is 2. The lowest BCUT2D eigenvalue weighted by Gasteiger charge is -2.18. The molecule has 0 bridgehead atoms. The number of hydrogen-bond donors (Lipinski definition) is 1. The summed E-state index contributed by atoms with van der Waals surface area (Å²) in [5.74, 6) is -2.86. The molecule has 2 aromatic heterocycles. The average Bonchev–Trinajstić information content (AvgIpc) is 3.87. The number of nitrogens with one attached hydrogen (secondary N) is 1. The molecule has 23 heteroatoms. The summed E-state index contributed by atoms with van der Waals surface area (Å²) in [7, 11) is -2.56. The van der Waals surface area contributed by atoms with Crippen LogP contribution < -0.4 is 28.6 Å². The van der Waals surface area contributed by atoms with E-state index in [1.165, 1.54) is 26.5 Å². The van der Waals surface area contributed by atoms with Gasteiger partial charge in [-0.3, -0.25) is 4.79 Å². The Kier molecular flexibility index (Phi) is 12.4. The van der Waals surface area contributed by atoms with Gasteiger partial charge in [-0.15, -0.1) is 5.10 Å². The normalized spacial score (nSPS) is 14.9. The zero-order chi connectivity index (χ0) is 41.1. The van der Waals surface area contributed by atoms with Gasteiger partial charge in [-0.25, -0.2) is 36.0 Å². The van der Waals surface area contributed by atoms with Crippen LogP contribution >= 0.6 is 11.6 Å².